The Kier molecular flexibility index (Phi) is 5.59. The molecule has 108 valence electrons. The summed E-state index contributed by atoms with van der Waals surface area (Å²) in [6, 6.07) is 4.76. The first kappa shape index (κ1) is 15.7. The van der Waals surface area contributed by atoms with E-state index in [9.17, 15) is 8.42 Å². The molecule has 7 heteroatoms. The molecule has 0 bridgehead atoms. The van der Waals surface area contributed by atoms with Crippen molar-refractivity contribution < 1.29 is 13.2 Å². The van der Waals surface area contributed by atoms with E-state index in [4.69, 9.17) is 10.5 Å². The number of hydrogen-bond donors (Lipinski definition) is 3. The van der Waals surface area contributed by atoms with E-state index in [1.807, 2.05) is 6.92 Å². The molecular weight excluding hydrogens is 266 g/mol. The highest BCUT2D eigenvalue weighted by Crippen LogP contribution is 2.23. The van der Waals surface area contributed by atoms with Crippen molar-refractivity contribution in [3.05, 3.63) is 18.2 Å². The highest BCUT2D eigenvalue weighted by atomic mass is 32.2. The average molecular weight is 287 g/mol. The number of benzene rings is 1. The van der Waals surface area contributed by atoms with Crippen molar-refractivity contribution >= 4 is 21.4 Å². The van der Waals surface area contributed by atoms with Gasteiger partial charge in [-0.2, -0.15) is 0 Å². The molecule has 4 N–H and O–H groups in total. The summed E-state index contributed by atoms with van der Waals surface area (Å²) < 4.78 is 30.6. The molecular formula is C12H21N3O3S. The number of rotatable bonds is 7. The molecule has 1 atom stereocenters. The summed E-state index contributed by atoms with van der Waals surface area (Å²) in [4.78, 5) is 0.151. The molecule has 0 radical (unpaired) electrons. The van der Waals surface area contributed by atoms with Crippen LogP contribution in [0.1, 0.15) is 13.3 Å². The highest BCUT2D eigenvalue weighted by molar-refractivity contribution is 7.89. The first-order chi connectivity index (χ1) is 8.94. The van der Waals surface area contributed by atoms with E-state index in [0.29, 0.717) is 18.0 Å². The number of ether oxygens (including phenoxy) is 1. The van der Waals surface area contributed by atoms with Crippen molar-refractivity contribution in [2.24, 2.45) is 0 Å². The Hall–Kier alpha value is -1.31. The summed E-state index contributed by atoms with van der Waals surface area (Å²) in [5.74, 6) is 0. The van der Waals surface area contributed by atoms with Crippen LogP contribution in [0, 0.1) is 0 Å². The Labute approximate surface area is 114 Å². The molecule has 1 unspecified atom stereocenters. The van der Waals surface area contributed by atoms with Gasteiger partial charge in [0.15, 0.2) is 0 Å². The molecule has 1 aromatic rings. The van der Waals surface area contributed by atoms with Crippen LogP contribution in [0.5, 0.6) is 0 Å². The van der Waals surface area contributed by atoms with Gasteiger partial charge in [-0.1, -0.05) is 6.92 Å². The quantitative estimate of drug-likeness (QED) is 0.651. The third-order valence-electron chi connectivity index (χ3n) is 2.82. The number of anilines is 2. The van der Waals surface area contributed by atoms with Crippen molar-refractivity contribution in [1.29, 1.82) is 0 Å². The van der Waals surface area contributed by atoms with Gasteiger partial charge in [0.05, 0.1) is 22.9 Å². The van der Waals surface area contributed by atoms with Gasteiger partial charge in [0, 0.05) is 13.2 Å². The molecule has 6 nitrogen and oxygen atoms in total. The van der Waals surface area contributed by atoms with Gasteiger partial charge in [-0.25, -0.2) is 13.1 Å². The van der Waals surface area contributed by atoms with Crippen molar-refractivity contribution in [2.45, 2.75) is 24.3 Å². The van der Waals surface area contributed by atoms with E-state index in [-0.39, 0.29) is 10.9 Å². The van der Waals surface area contributed by atoms with Gasteiger partial charge in [0.2, 0.25) is 10.0 Å². The van der Waals surface area contributed by atoms with Crippen molar-refractivity contribution in [1.82, 2.24) is 4.72 Å². The van der Waals surface area contributed by atoms with Crippen LogP contribution in [0.15, 0.2) is 23.1 Å². The topological polar surface area (TPSA) is 93.4 Å². The minimum Gasteiger partial charge on any atom is -0.397 e. The highest BCUT2D eigenvalue weighted by Gasteiger charge is 2.14. The van der Waals surface area contributed by atoms with Crippen LogP contribution in [0.2, 0.25) is 0 Å². The smallest absolute Gasteiger partial charge is 0.240 e. The van der Waals surface area contributed by atoms with Crippen molar-refractivity contribution in [3.63, 3.8) is 0 Å². The van der Waals surface area contributed by atoms with E-state index in [1.54, 1.807) is 13.2 Å². The van der Waals surface area contributed by atoms with E-state index in [1.165, 1.54) is 19.2 Å². The van der Waals surface area contributed by atoms with E-state index in [0.717, 1.165) is 6.42 Å². The van der Waals surface area contributed by atoms with Crippen LogP contribution in [0.25, 0.3) is 0 Å². The average Bonchev–Trinajstić information content (AvgIpc) is 2.40. The second-order valence-electron chi connectivity index (χ2n) is 4.16. The van der Waals surface area contributed by atoms with Crippen LogP contribution in [-0.2, 0) is 14.8 Å². The third kappa shape index (κ3) is 4.09. The molecule has 19 heavy (non-hydrogen) atoms. The maximum Gasteiger partial charge on any atom is 0.240 e. The molecule has 0 aliphatic carbocycles. The van der Waals surface area contributed by atoms with Gasteiger partial charge in [-0.05, 0) is 31.7 Å². The molecule has 0 aliphatic rings. The number of nitrogens with two attached hydrogens (primary N) is 1. The minimum absolute atomic E-state index is 0.138. The van der Waals surface area contributed by atoms with Crippen LogP contribution < -0.4 is 15.8 Å². The molecule has 0 saturated heterocycles. The van der Waals surface area contributed by atoms with E-state index < -0.39 is 10.0 Å². The van der Waals surface area contributed by atoms with Crippen molar-refractivity contribution in [3.8, 4) is 0 Å². The molecule has 0 aliphatic heterocycles. The molecule has 0 aromatic heterocycles. The first-order valence-electron chi connectivity index (χ1n) is 6.03. The maximum atomic E-state index is 11.6. The van der Waals surface area contributed by atoms with Gasteiger partial charge in [-0.3, -0.25) is 0 Å². The summed E-state index contributed by atoms with van der Waals surface area (Å²) in [5.41, 5.74) is 6.98. The predicted octanol–water partition coefficient (Wildman–Crippen LogP) is 1.01. The number of nitrogens with one attached hydrogen (secondary N) is 2. The summed E-state index contributed by atoms with van der Waals surface area (Å²) >= 11 is 0. The number of nitrogen functional groups attached to an aromatic ring is 1. The molecule has 1 rings (SSSR count). The Morgan fingerprint density at radius 2 is 2.11 bits per heavy atom. The molecule has 0 heterocycles. The predicted molar refractivity (Wildman–Crippen MR) is 76.7 cm³/mol. The van der Waals surface area contributed by atoms with Gasteiger partial charge >= 0.3 is 0 Å². The SMILES string of the molecule is CCC(COC)Nc1ccc(S(=O)(=O)NC)cc1N. The van der Waals surface area contributed by atoms with Gasteiger partial charge < -0.3 is 15.8 Å². The monoisotopic (exact) mass is 287 g/mol. The van der Waals surface area contributed by atoms with Crippen LogP contribution in [0.3, 0.4) is 0 Å². The summed E-state index contributed by atoms with van der Waals surface area (Å²) in [5, 5.41) is 3.23. The fourth-order valence-electron chi connectivity index (χ4n) is 1.64. The third-order valence-corrected chi connectivity index (χ3v) is 4.23. The van der Waals surface area contributed by atoms with Crippen LogP contribution in [-0.4, -0.2) is 35.2 Å². The Morgan fingerprint density at radius 3 is 2.58 bits per heavy atom. The molecule has 0 saturated carbocycles. The lowest BCUT2D eigenvalue weighted by Crippen LogP contribution is -2.24. The zero-order valence-corrected chi connectivity index (χ0v) is 12.3. The molecule has 0 amide bonds. The molecule has 0 spiro atoms. The lowest BCUT2D eigenvalue weighted by atomic mass is 10.2. The number of methoxy groups -OCH3 is 1. The largest absolute Gasteiger partial charge is 0.397 e. The van der Waals surface area contributed by atoms with Crippen LogP contribution in [0.4, 0.5) is 11.4 Å². The zero-order valence-electron chi connectivity index (χ0n) is 11.4. The fraction of sp³-hybridized carbons (Fsp3) is 0.500. The van der Waals surface area contributed by atoms with E-state index in [2.05, 4.69) is 10.0 Å². The maximum absolute atomic E-state index is 11.6. The van der Waals surface area contributed by atoms with E-state index >= 15 is 0 Å². The Balaban J connectivity index is 2.95. The lowest BCUT2D eigenvalue weighted by Gasteiger charge is -2.19. The second kappa shape index (κ2) is 6.74. The number of sulfonamides is 1. The fourth-order valence-corrected chi connectivity index (χ4v) is 2.40. The summed E-state index contributed by atoms with van der Waals surface area (Å²) in [6.45, 7) is 2.60. The lowest BCUT2D eigenvalue weighted by molar-refractivity contribution is 0.184. The Morgan fingerprint density at radius 1 is 1.42 bits per heavy atom. The summed E-state index contributed by atoms with van der Waals surface area (Å²) in [7, 11) is -0.464. The summed E-state index contributed by atoms with van der Waals surface area (Å²) in [6.07, 6.45) is 0.879. The van der Waals surface area contributed by atoms with Crippen LogP contribution >= 0.6 is 0 Å². The standard InChI is InChI=1S/C12H21N3O3S/c1-4-9(8-18-3)15-12-6-5-10(7-11(12)13)19(16,17)14-2/h5-7,9,14-15H,4,8,13H2,1-3H3. The van der Waals surface area contributed by atoms with Gasteiger partial charge in [0.1, 0.15) is 0 Å². The Bertz CT molecular complexity index is 517. The second-order valence-corrected chi connectivity index (χ2v) is 6.05. The van der Waals surface area contributed by atoms with Gasteiger partial charge in [0.25, 0.3) is 0 Å². The first-order valence-corrected chi connectivity index (χ1v) is 7.51. The van der Waals surface area contributed by atoms with Crippen molar-refractivity contribution in [2.75, 3.05) is 31.8 Å². The minimum atomic E-state index is -3.46. The molecule has 0 fully saturated rings. The molecule has 1 aromatic carbocycles. The van der Waals surface area contributed by atoms with Gasteiger partial charge in [-0.15, -0.1) is 0 Å². The zero-order chi connectivity index (χ0) is 14.5. The normalized spacial score (nSPS) is 13.2. The number of hydrogen-bond acceptors (Lipinski definition) is 5.